The molecular weight excluding hydrogens is 268 g/mol. The molecule has 1 spiro atoms. The van der Waals surface area contributed by atoms with Gasteiger partial charge in [0.2, 0.25) is 0 Å². The average molecular weight is 288 g/mol. The Morgan fingerprint density at radius 2 is 1.83 bits per heavy atom. The molecule has 102 valence electrons. The largest absolute Gasteiger partial charge is 0.466 e. The molecule has 0 radical (unpaired) electrons. The van der Waals surface area contributed by atoms with Crippen LogP contribution >= 0.6 is 23.5 Å². The van der Waals surface area contributed by atoms with E-state index in [1.54, 1.807) is 0 Å². The summed E-state index contributed by atoms with van der Waals surface area (Å²) in [5.74, 6) is 2.15. The van der Waals surface area contributed by atoms with Crippen molar-refractivity contribution in [3.05, 3.63) is 0 Å². The minimum absolute atomic E-state index is 0.0198. The molecule has 4 rings (SSSR count). The summed E-state index contributed by atoms with van der Waals surface area (Å²) in [6.45, 7) is 2.33. The van der Waals surface area contributed by atoms with Crippen LogP contribution in [0.2, 0.25) is 0 Å². The van der Waals surface area contributed by atoms with Gasteiger partial charge < -0.3 is 9.84 Å². The van der Waals surface area contributed by atoms with E-state index in [-0.39, 0.29) is 15.5 Å². The van der Waals surface area contributed by atoms with E-state index in [1.165, 1.54) is 0 Å². The highest BCUT2D eigenvalue weighted by molar-refractivity contribution is 8.21. The lowest BCUT2D eigenvalue weighted by atomic mass is 9.58. The number of rotatable bonds is 2. The molecule has 0 aromatic carbocycles. The van der Waals surface area contributed by atoms with Gasteiger partial charge in [0.25, 0.3) is 0 Å². The monoisotopic (exact) mass is 288 g/mol. The summed E-state index contributed by atoms with van der Waals surface area (Å²) in [5, 5.41) is 10.6. The summed E-state index contributed by atoms with van der Waals surface area (Å²) in [5.41, 5.74) is -0.877. The van der Waals surface area contributed by atoms with Crippen molar-refractivity contribution >= 4 is 29.5 Å². The second-order valence-electron chi connectivity index (χ2n) is 5.65. The molecule has 18 heavy (non-hydrogen) atoms. The normalized spacial score (nSPS) is 41.2. The van der Waals surface area contributed by atoms with Crippen LogP contribution in [0, 0.1) is 5.41 Å². The number of esters is 1. The third kappa shape index (κ3) is 1.66. The van der Waals surface area contributed by atoms with Gasteiger partial charge in [-0.15, -0.1) is 23.5 Å². The van der Waals surface area contributed by atoms with E-state index in [2.05, 4.69) is 0 Å². The van der Waals surface area contributed by atoms with E-state index < -0.39 is 5.60 Å². The summed E-state index contributed by atoms with van der Waals surface area (Å²) in [6.07, 6.45) is 3.86. The highest BCUT2D eigenvalue weighted by Crippen LogP contribution is 2.69. The molecule has 0 amide bonds. The quantitative estimate of drug-likeness (QED) is 0.791. The second-order valence-corrected chi connectivity index (χ2v) is 8.70. The van der Waals surface area contributed by atoms with Crippen LogP contribution in [0.4, 0.5) is 0 Å². The zero-order valence-electron chi connectivity index (χ0n) is 10.7. The van der Waals surface area contributed by atoms with Crippen molar-refractivity contribution in [2.75, 3.05) is 18.1 Å². The Kier molecular flexibility index (Phi) is 3.15. The zero-order chi connectivity index (χ0) is 12.9. The highest BCUT2D eigenvalue weighted by Gasteiger charge is 2.68. The van der Waals surface area contributed by atoms with Crippen LogP contribution in [0.25, 0.3) is 0 Å². The van der Waals surface area contributed by atoms with Crippen molar-refractivity contribution < 1.29 is 14.6 Å². The van der Waals surface area contributed by atoms with Gasteiger partial charge in [-0.2, -0.15) is 0 Å². The van der Waals surface area contributed by atoms with Crippen LogP contribution in [-0.2, 0) is 9.53 Å². The van der Waals surface area contributed by atoms with E-state index in [9.17, 15) is 9.90 Å². The van der Waals surface area contributed by atoms with Gasteiger partial charge in [-0.1, -0.05) is 0 Å². The number of ether oxygens (including phenoxy) is 1. The lowest BCUT2D eigenvalue weighted by molar-refractivity contribution is -0.171. The lowest BCUT2D eigenvalue weighted by Gasteiger charge is -2.58. The standard InChI is InChI=1S/C13H20O3S2/c1-2-16-10(14)12-5-3-11(15,4-6-12)9-13(12)17-7-8-18-13/h15H,2-9H2,1H3. The van der Waals surface area contributed by atoms with E-state index in [0.29, 0.717) is 6.61 Å². The predicted molar refractivity (Wildman–Crippen MR) is 74.7 cm³/mol. The number of aliphatic hydroxyl groups is 1. The minimum atomic E-state index is -0.529. The van der Waals surface area contributed by atoms with Gasteiger partial charge >= 0.3 is 5.97 Å². The van der Waals surface area contributed by atoms with Crippen molar-refractivity contribution in [3.8, 4) is 0 Å². The third-order valence-corrected chi connectivity index (χ3v) is 8.53. The van der Waals surface area contributed by atoms with Crippen molar-refractivity contribution in [1.82, 2.24) is 0 Å². The van der Waals surface area contributed by atoms with E-state index in [1.807, 2.05) is 30.4 Å². The number of thioether (sulfide) groups is 2. The first-order chi connectivity index (χ1) is 8.56. The van der Waals surface area contributed by atoms with Crippen LogP contribution in [0.5, 0.6) is 0 Å². The molecule has 3 nitrogen and oxygen atoms in total. The molecule has 5 heteroatoms. The minimum Gasteiger partial charge on any atom is -0.466 e. The number of hydrogen-bond donors (Lipinski definition) is 1. The first-order valence-corrected chi connectivity index (χ1v) is 8.71. The van der Waals surface area contributed by atoms with Gasteiger partial charge in [0.1, 0.15) is 0 Å². The Labute approximate surface area is 116 Å². The number of fused-ring (bicyclic) bond motifs is 2. The van der Waals surface area contributed by atoms with Gasteiger partial charge in [0, 0.05) is 17.9 Å². The summed E-state index contributed by atoms with van der Waals surface area (Å²) >= 11 is 3.76. The summed E-state index contributed by atoms with van der Waals surface area (Å²) in [7, 11) is 0. The molecule has 3 saturated carbocycles. The average Bonchev–Trinajstić information content (AvgIpc) is 2.78. The van der Waals surface area contributed by atoms with Crippen molar-refractivity contribution in [3.63, 3.8) is 0 Å². The lowest BCUT2D eigenvalue weighted by Crippen LogP contribution is -2.62. The van der Waals surface area contributed by atoms with E-state index >= 15 is 0 Å². The van der Waals surface area contributed by atoms with Gasteiger partial charge in [-0.25, -0.2) is 0 Å². The van der Waals surface area contributed by atoms with Crippen LogP contribution in [0.1, 0.15) is 39.0 Å². The molecule has 1 aliphatic heterocycles. The molecule has 0 aromatic heterocycles. The molecule has 3 aliphatic carbocycles. The molecule has 0 unspecified atom stereocenters. The molecule has 2 bridgehead atoms. The van der Waals surface area contributed by atoms with Gasteiger partial charge in [-0.05, 0) is 32.6 Å². The van der Waals surface area contributed by atoms with E-state index in [0.717, 1.165) is 43.6 Å². The molecule has 1 saturated heterocycles. The SMILES string of the molecule is CCOC(=O)C12CCC(O)(CC1)CC21SCCS1. The molecule has 4 fully saturated rings. The van der Waals surface area contributed by atoms with Crippen molar-refractivity contribution in [2.24, 2.45) is 5.41 Å². The number of carbonyl (C=O) groups is 1. The van der Waals surface area contributed by atoms with Gasteiger partial charge in [0.05, 0.1) is 21.7 Å². The maximum Gasteiger partial charge on any atom is 0.314 e. The van der Waals surface area contributed by atoms with Crippen LogP contribution in [0.15, 0.2) is 0 Å². The Morgan fingerprint density at radius 3 is 2.39 bits per heavy atom. The number of carbonyl (C=O) groups excluding carboxylic acids is 1. The Balaban J connectivity index is 1.97. The predicted octanol–water partition coefficient (Wildman–Crippen LogP) is 2.42. The Bertz CT molecular complexity index is 355. The first-order valence-electron chi connectivity index (χ1n) is 6.73. The van der Waals surface area contributed by atoms with Crippen LogP contribution < -0.4 is 0 Å². The smallest absolute Gasteiger partial charge is 0.314 e. The van der Waals surface area contributed by atoms with Crippen molar-refractivity contribution in [2.45, 2.75) is 48.7 Å². The fourth-order valence-electron chi connectivity index (χ4n) is 3.76. The summed E-state index contributed by atoms with van der Waals surface area (Å²) < 4.78 is 5.25. The van der Waals surface area contributed by atoms with Crippen LogP contribution in [-0.4, -0.2) is 38.9 Å². The fourth-order valence-corrected chi connectivity index (χ4v) is 7.79. The molecule has 1 N–H and O–H groups in total. The van der Waals surface area contributed by atoms with Crippen LogP contribution in [0.3, 0.4) is 0 Å². The molecular formula is C13H20O3S2. The fraction of sp³-hybridized carbons (Fsp3) is 0.923. The maximum absolute atomic E-state index is 12.5. The highest BCUT2D eigenvalue weighted by atomic mass is 32.2. The molecule has 0 aromatic rings. The molecule has 0 atom stereocenters. The van der Waals surface area contributed by atoms with Gasteiger partial charge in [-0.3, -0.25) is 4.79 Å². The van der Waals surface area contributed by atoms with E-state index in [4.69, 9.17) is 4.74 Å². The zero-order valence-corrected chi connectivity index (χ0v) is 12.4. The second kappa shape index (κ2) is 4.32. The van der Waals surface area contributed by atoms with Gasteiger partial charge in [0.15, 0.2) is 0 Å². The Morgan fingerprint density at radius 1 is 1.22 bits per heavy atom. The topological polar surface area (TPSA) is 46.5 Å². The molecule has 1 heterocycles. The van der Waals surface area contributed by atoms with Crippen molar-refractivity contribution in [1.29, 1.82) is 0 Å². The maximum atomic E-state index is 12.5. The summed E-state index contributed by atoms with van der Waals surface area (Å²) in [4.78, 5) is 12.5. The third-order valence-electron chi connectivity index (χ3n) is 4.75. The Hall–Kier alpha value is 0.130. The summed E-state index contributed by atoms with van der Waals surface area (Å²) in [6, 6.07) is 0. The molecule has 4 aliphatic rings. The number of hydrogen-bond acceptors (Lipinski definition) is 5. The first kappa shape index (κ1) is 13.1.